The lowest BCUT2D eigenvalue weighted by molar-refractivity contribution is -0.119. The lowest BCUT2D eigenvalue weighted by atomic mass is 9.79. The number of aryl methyl sites for hydroxylation is 1. The van der Waals surface area contributed by atoms with Gasteiger partial charge in [0.05, 0.1) is 0 Å². The van der Waals surface area contributed by atoms with E-state index in [-0.39, 0.29) is 5.92 Å². The zero-order valence-electron chi connectivity index (χ0n) is 12.2. The van der Waals surface area contributed by atoms with Gasteiger partial charge in [0.25, 0.3) is 0 Å². The van der Waals surface area contributed by atoms with Gasteiger partial charge < -0.3 is 0 Å². The molecule has 2 aliphatic carbocycles. The molecule has 1 aromatic rings. The molecule has 0 aromatic heterocycles. The molecule has 0 amide bonds. The van der Waals surface area contributed by atoms with Gasteiger partial charge in [-0.25, -0.2) is 0 Å². The highest BCUT2D eigenvalue weighted by molar-refractivity contribution is 5.97. The minimum absolute atomic E-state index is 0.232. The molecule has 0 fully saturated rings. The van der Waals surface area contributed by atoms with Crippen LogP contribution in [0.15, 0.2) is 35.9 Å². The minimum Gasteiger partial charge on any atom is -0.294 e. The maximum atomic E-state index is 12.8. The van der Waals surface area contributed by atoms with E-state index in [2.05, 4.69) is 30.3 Å². The van der Waals surface area contributed by atoms with Crippen molar-refractivity contribution in [1.29, 1.82) is 0 Å². The Bertz CT molecular complexity index is 512. The van der Waals surface area contributed by atoms with E-state index >= 15 is 0 Å². The van der Waals surface area contributed by atoms with Gasteiger partial charge in [-0.05, 0) is 61.6 Å². The summed E-state index contributed by atoms with van der Waals surface area (Å²) in [6.45, 7) is 0. The van der Waals surface area contributed by atoms with E-state index < -0.39 is 0 Å². The van der Waals surface area contributed by atoms with Gasteiger partial charge in [-0.15, -0.1) is 0 Å². The van der Waals surface area contributed by atoms with E-state index in [9.17, 15) is 4.79 Å². The Morgan fingerprint density at radius 1 is 0.950 bits per heavy atom. The molecule has 1 heteroatoms. The molecule has 3 rings (SSSR count). The van der Waals surface area contributed by atoms with Crippen LogP contribution in [0.5, 0.6) is 0 Å². The van der Waals surface area contributed by atoms with Crippen LogP contribution in [-0.4, -0.2) is 5.78 Å². The van der Waals surface area contributed by atoms with Gasteiger partial charge in [0.2, 0.25) is 0 Å². The van der Waals surface area contributed by atoms with E-state index in [0.29, 0.717) is 5.78 Å². The first-order valence-corrected chi connectivity index (χ1v) is 8.14. The molecule has 1 unspecified atom stereocenters. The molecule has 0 spiro atoms. The lowest BCUT2D eigenvalue weighted by Gasteiger charge is -2.25. The van der Waals surface area contributed by atoms with Crippen LogP contribution >= 0.6 is 0 Å². The average molecular weight is 268 g/mol. The SMILES string of the molecule is O=C(/C1=C/CCCCCC1)C1CCc2ccccc2C1. The van der Waals surface area contributed by atoms with E-state index in [1.807, 2.05) is 0 Å². The number of carbonyl (C=O) groups is 1. The molecule has 0 bridgehead atoms. The number of benzene rings is 1. The van der Waals surface area contributed by atoms with Crippen LogP contribution in [0.1, 0.15) is 56.1 Å². The van der Waals surface area contributed by atoms with Crippen LogP contribution in [0.2, 0.25) is 0 Å². The Morgan fingerprint density at radius 3 is 2.65 bits per heavy atom. The van der Waals surface area contributed by atoms with Crippen molar-refractivity contribution in [3.05, 3.63) is 47.0 Å². The summed E-state index contributed by atoms with van der Waals surface area (Å²) < 4.78 is 0. The van der Waals surface area contributed by atoms with E-state index in [1.54, 1.807) is 0 Å². The average Bonchev–Trinajstić information content (AvgIpc) is 2.46. The van der Waals surface area contributed by atoms with Crippen LogP contribution < -0.4 is 0 Å². The number of allylic oxidation sites excluding steroid dienone is 2. The maximum Gasteiger partial charge on any atom is 0.161 e. The van der Waals surface area contributed by atoms with Crippen molar-refractivity contribution in [2.45, 2.75) is 57.8 Å². The number of Topliss-reactive ketones (excluding diaryl/α,β-unsaturated/α-hetero) is 1. The quantitative estimate of drug-likeness (QED) is 0.763. The van der Waals surface area contributed by atoms with Gasteiger partial charge in [-0.1, -0.05) is 43.2 Å². The molecule has 1 aromatic carbocycles. The number of rotatable bonds is 2. The topological polar surface area (TPSA) is 17.1 Å². The molecule has 1 atom stereocenters. The molecular weight excluding hydrogens is 244 g/mol. The molecule has 0 N–H and O–H groups in total. The van der Waals surface area contributed by atoms with Crippen molar-refractivity contribution in [3.8, 4) is 0 Å². The predicted molar refractivity (Wildman–Crippen MR) is 82.7 cm³/mol. The molecule has 1 nitrogen and oxygen atoms in total. The Labute approximate surface area is 122 Å². The fourth-order valence-corrected chi connectivity index (χ4v) is 3.60. The van der Waals surface area contributed by atoms with Gasteiger partial charge in [-0.2, -0.15) is 0 Å². The van der Waals surface area contributed by atoms with Crippen LogP contribution in [0, 0.1) is 5.92 Å². The molecule has 0 saturated carbocycles. The summed E-state index contributed by atoms with van der Waals surface area (Å²) in [5.41, 5.74) is 3.97. The number of hydrogen-bond donors (Lipinski definition) is 0. The molecule has 106 valence electrons. The number of fused-ring (bicyclic) bond motifs is 1. The molecule has 0 radical (unpaired) electrons. The van der Waals surface area contributed by atoms with Crippen LogP contribution in [0.4, 0.5) is 0 Å². The number of hydrogen-bond acceptors (Lipinski definition) is 1. The lowest BCUT2D eigenvalue weighted by Crippen LogP contribution is -2.24. The van der Waals surface area contributed by atoms with Crippen LogP contribution in [0.25, 0.3) is 0 Å². The van der Waals surface area contributed by atoms with Crippen LogP contribution in [0.3, 0.4) is 0 Å². The first-order valence-electron chi connectivity index (χ1n) is 8.14. The summed E-state index contributed by atoms with van der Waals surface area (Å²) in [5, 5.41) is 0. The van der Waals surface area contributed by atoms with Crippen molar-refractivity contribution < 1.29 is 4.79 Å². The standard InChI is InChI=1S/C19H24O/c20-19(16-9-4-2-1-3-5-10-16)18-13-12-15-8-6-7-11-17(15)14-18/h6-9,11,18H,1-5,10,12-14H2/b16-9+. The normalized spacial score (nSPS) is 25.8. The Balaban J connectivity index is 1.72. The Kier molecular flexibility index (Phi) is 4.34. The summed E-state index contributed by atoms with van der Waals surface area (Å²) >= 11 is 0. The summed E-state index contributed by atoms with van der Waals surface area (Å²) in [6.07, 6.45) is 12.5. The van der Waals surface area contributed by atoms with Crippen molar-refractivity contribution >= 4 is 5.78 Å². The molecular formula is C19H24O. The van der Waals surface area contributed by atoms with E-state index in [4.69, 9.17) is 0 Å². The van der Waals surface area contributed by atoms with Crippen molar-refractivity contribution in [2.24, 2.45) is 5.92 Å². The van der Waals surface area contributed by atoms with Gasteiger partial charge in [0.15, 0.2) is 5.78 Å². The van der Waals surface area contributed by atoms with Crippen molar-refractivity contribution in [1.82, 2.24) is 0 Å². The van der Waals surface area contributed by atoms with E-state index in [0.717, 1.165) is 37.7 Å². The smallest absolute Gasteiger partial charge is 0.161 e. The second kappa shape index (κ2) is 6.39. The second-order valence-electron chi connectivity index (χ2n) is 6.25. The van der Waals surface area contributed by atoms with Crippen LogP contribution in [-0.2, 0) is 17.6 Å². The van der Waals surface area contributed by atoms with E-state index in [1.165, 1.54) is 36.8 Å². The maximum absolute atomic E-state index is 12.8. The monoisotopic (exact) mass is 268 g/mol. The Hall–Kier alpha value is -1.37. The Morgan fingerprint density at radius 2 is 1.75 bits per heavy atom. The van der Waals surface area contributed by atoms with Gasteiger partial charge in [-0.3, -0.25) is 4.79 Å². The number of carbonyl (C=O) groups excluding carboxylic acids is 1. The third kappa shape index (κ3) is 3.03. The fourth-order valence-electron chi connectivity index (χ4n) is 3.60. The largest absolute Gasteiger partial charge is 0.294 e. The van der Waals surface area contributed by atoms with Crippen molar-refractivity contribution in [2.75, 3.05) is 0 Å². The molecule has 20 heavy (non-hydrogen) atoms. The third-order valence-electron chi connectivity index (χ3n) is 4.83. The van der Waals surface area contributed by atoms with Crippen molar-refractivity contribution in [3.63, 3.8) is 0 Å². The summed E-state index contributed by atoms with van der Waals surface area (Å²) in [4.78, 5) is 12.8. The summed E-state index contributed by atoms with van der Waals surface area (Å²) in [6, 6.07) is 8.62. The molecule has 0 saturated heterocycles. The fraction of sp³-hybridized carbons (Fsp3) is 0.526. The summed E-state index contributed by atoms with van der Waals surface area (Å²) in [5.74, 6) is 0.678. The second-order valence-corrected chi connectivity index (χ2v) is 6.25. The molecule has 0 aliphatic heterocycles. The summed E-state index contributed by atoms with van der Waals surface area (Å²) in [7, 11) is 0. The first-order chi connectivity index (χ1) is 9.84. The molecule has 2 aliphatic rings. The highest BCUT2D eigenvalue weighted by Crippen LogP contribution is 2.29. The highest BCUT2D eigenvalue weighted by atomic mass is 16.1. The first kappa shape index (κ1) is 13.6. The zero-order chi connectivity index (χ0) is 13.8. The minimum atomic E-state index is 0.232. The number of ketones is 1. The highest BCUT2D eigenvalue weighted by Gasteiger charge is 2.26. The van der Waals surface area contributed by atoms with Gasteiger partial charge >= 0.3 is 0 Å². The third-order valence-corrected chi connectivity index (χ3v) is 4.83. The molecule has 0 heterocycles. The predicted octanol–water partition coefficient (Wildman–Crippen LogP) is 4.64. The zero-order valence-corrected chi connectivity index (χ0v) is 12.2. The van der Waals surface area contributed by atoms with Gasteiger partial charge in [0.1, 0.15) is 0 Å². The van der Waals surface area contributed by atoms with Gasteiger partial charge in [0, 0.05) is 5.92 Å².